The molecule has 1 N–H and O–H groups in total. The monoisotopic (exact) mass is 258 g/mol. The molecular formula is C13H17F3N2. The second kappa shape index (κ2) is 5.71. The Kier molecular flexibility index (Phi) is 4.24. The summed E-state index contributed by atoms with van der Waals surface area (Å²) in [6.07, 6.45) is -2.58. The molecule has 1 aromatic rings. The standard InChI is InChI=1S/C13H17F3N2/c1-9-2-3-10(11(14)8-9)12(13(15)16)18-6-4-17-5-7-18/h2-3,8,12-13,17H,4-7H2,1H3/t12-/m1/s1. The maximum atomic E-state index is 13.8. The van der Waals surface area contributed by atoms with Crippen molar-refractivity contribution in [2.75, 3.05) is 26.2 Å². The van der Waals surface area contributed by atoms with E-state index in [9.17, 15) is 13.2 Å². The molecule has 2 rings (SSSR count). The molecule has 0 bridgehead atoms. The van der Waals surface area contributed by atoms with Crippen LogP contribution in [-0.2, 0) is 0 Å². The molecule has 1 fully saturated rings. The van der Waals surface area contributed by atoms with E-state index >= 15 is 0 Å². The largest absolute Gasteiger partial charge is 0.314 e. The third kappa shape index (κ3) is 2.84. The fourth-order valence-electron chi connectivity index (χ4n) is 2.32. The van der Waals surface area contributed by atoms with Gasteiger partial charge in [0.2, 0.25) is 0 Å². The van der Waals surface area contributed by atoms with Gasteiger partial charge >= 0.3 is 0 Å². The van der Waals surface area contributed by atoms with Gasteiger partial charge in [-0.25, -0.2) is 13.2 Å². The molecule has 100 valence electrons. The number of alkyl halides is 2. The number of hydrogen-bond donors (Lipinski definition) is 1. The Balaban J connectivity index is 2.28. The third-order valence-electron chi connectivity index (χ3n) is 3.26. The Morgan fingerprint density at radius 3 is 2.44 bits per heavy atom. The molecule has 5 heteroatoms. The Morgan fingerprint density at radius 1 is 1.22 bits per heavy atom. The zero-order valence-corrected chi connectivity index (χ0v) is 10.3. The molecule has 1 atom stereocenters. The van der Waals surface area contributed by atoms with E-state index in [0.717, 1.165) is 5.56 Å². The number of hydrogen-bond acceptors (Lipinski definition) is 2. The van der Waals surface area contributed by atoms with Crippen molar-refractivity contribution >= 4 is 0 Å². The van der Waals surface area contributed by atoms with Gasteiger partial charge in [0.1, 0.15) is 5.82 Å². The van der Waals surface area contributed by atoms with E-state index in [2.05, 4.69) is 5.32 Å². The molecule has 1 aliphatic rings. The normalized spacial score (nSPS) is 19.2. The molecule has 2 nitrogen and oxygen atoms in total. The maximum Gasteiger partial charge on any atom is 0.258 e. The van der Waals surface area contributed by atoms with Crippen LogP contribution in [0.3, 0.4) is 0 Å². The average molecular weight is 258 g/mol. The van der Waals surface area contributed by atoms with Crippen LogP contribution >= 0.6 is 0 Å². The smallest absolute Gasteiger partial charge is 0.258 e. The quantitative estimate of drug-likeness (QED) is 0.895. The number of piperazine rings is 1. The zero-order valence-electron chi connectivity index (χ0n) is 10.3. The first-order valence-electron chi connectivity index (χ1n) is 6.08. The highest BCUT2D eigenvalue weighted by molar-refractivity contribution is 5.26. The first-order valence-corrected chi connectivity index (χ1v) is 6.08. The minimum absolute atomic E-state index is 0.0949. The molecule has 0 unspecified atom stereocenters. The molecule has 0 saturated carbocycles. The van der Waals surface area contributed by atoms with Crippen molar-refractivity contribution in [2.45, 2.75) is 19.4 Å². The SMILES string of the molecule is Cc1ccc([C@H](C(F)F)N2CCNCC2)c(F)c1. The molecular weight excluding hydrogens is 241 g/mol. The van der Waals surface area contributed by atoms with Crippen molar-refractivity contribution in [3.8, 4) is 0 Å². The first kappa shape index (κ1) is 13.4. The summed E-state index contributed by atoms with van der Waals surface area (Å²) in [5, 5.41) is 3.10. The van der Waals surface area contributed by atoms with E-state index < -0.39 is 18.3 Å². The van der Waals surface area contributed by atoms with Gasteiger partial charge in [-0.1, -0.05) is 12.1 Å². The van der Waals surface area contributed by atoms with E-state index in [1.165, 1.54) is 12.1 Å². The minimum Gasteiger partial charge on any atom is -0.314 e. The van der Waals surface area contributed by atoms with Crippen LogP contribution in [-0.4, -0.2) is 37.5 Å². The van der Waals surface area contributed by atoms with Gasteiger partial charge in [0.15, 0.2) is 0 Å². The van der Waals surface area contributed by atoms with Crippen LogP contribution in [0.15, 0.2) is 18.2 Å². The Bertz CT molecular complexity index is 403. The van der Waals surface area contributed by atoms with Gasteiger partial charge < -0.3 is 5.32 Å². The highest BCUT2D eigenvalue weighted by Gasteiger charge is 2.31. The zero-order chi connectivity index (χ0) is 13.1. The summed E-state index contributed by atoms with van der Waals surface area (Å²) < 4.78 is 40.3. The number of benzene rings is 1. The molecule has 0 spiro atoms. The molecule has 1 saturated heterocycles. The van der Waals surface area contributed by atoms with E-state index in [1.54, 1.807) is 17.9 Å². The van der Waals surface area contributed by atoms with Crippen molar-refractivity contribution < 1.29 is 13.2 Å². The van der Waals surface area contributed by atoms with Gasteiger partial charge in [-0.15, -0.1) is 0 Å². The fourth-order valence-corrected chi connectivity index (χ4v) is 2.32. The van der Waals surface area contributed by atoms with Crippen LogP contribution in [0.4, 0.5) is 13.2 Å². The topological polar surface area (TPSA) is 15.3 Å². The van der Waals surface area contributed by atoms with Gasteiger partial charge in [-0.2, -0.15) is 0 Å². The van der Waals surface area contributed by atoms with Crippen LogP contribution in [0, 0.1) is 12.7 Å². The summed E-state index contributed by atoms with van der Waals surface area (Å²) >= 11 is 0. The van der Waals surface area contributed by atoms with Gasteiger partial charge in [0, 0.05) is 31.7 Å². The Morgan fingerprint density at radius 2 is 1.89 bits per heavy atom. The Hall–Kier alpha value is -1.07. The number of rotatable bonds is 3. The summed E-state index contributed by atoms with van der Waals surface area (Å²) in [6, 6.07) is 3.32. The number of halogens is 3. The van der Waals surface area contributed by atoms with Crippen molar-refractivity contribution in [1.82, 2.24) is 10.2 Å². The predicted octanol–water partition coefficient (Wildman–Crippen LogP) is 2.35. The van der Waals surface area contributed by atoms with Crippen LogP contribution in [0.5, 0.6) is 0 Å². The third-order valence-corrected chi connectivity index (χ3v) is 3.26. The van der Waals surface area contributed by atoms with Crippen molar-refractivity contribution in [3.05, 3.63) is 35.1 Å². The molecule has 1 aliphatic heterocycles. The lowest BCUT2D eigenvalue weighted by Crippen LogP contribution is -2.47. The van der Waals surface area contributed by atoms with Crippen LogP contribution in [0.25, 0.3) is 0 Å². The van der Waals surface area contributed by atoms with Crippen molar-refractivity contribution in [3.63, 3.8) is 0 Å². The molecule has 1 aromatic carbocycles. The summed E-state index contributed by atoms with van der Waals surface area (Å²) in [4.78, 5) is 1.65. The van der Waals surface area contributed by atoms with E-state index in [-0.39, 0.29) is 5.56 Å². The van der Waals surface area contributed by atoms with Crippen LogP contribution in [0.2, 0.25) is 0 Å². The number of aryl methyl sites for hydroxylation is 1. The van der Waals surface area contributed by atoms with Crippen LogP contribution < -0.4 is 5.32 Å². The molecule has 0 aromatic heterocycles. The highest BCUT2D eigenvalue weighted by atomic mass is 19.3. The predicted molar refractivity (Wildman–Crippen MR) is 64.3 cm³/mol. The Labute approximate surface area is 105 Å². The van der Waals surface area contributed by atoms with E-state index in [1.807, 2.05) is 0 Å². The molecule has 0 amide bonds. The van der Waals surface area contributed by atoms with Gasteiger partial charge in [-0.3, -0.25) is 4.90 Å². The minimum atomic E-state index is -2.58. The summed E-state index contributed by atoms with van der Waals surface area (Å²) in [5.74, 6) is -0.543. The highest BCUT2D eigenvalue weighted by Crippen LogP contribution is 2.30. The lowest BCUT2D eigenvalue weighted by atomic mass is 10.0. The summed E-state index contributed by atoms with van der Waals surface area (Å²) in [7, 11) is 0. The molecule has 18 heavy (non-hydrogen) atoms. The molecule has 1 heterocycles. The molecule has 0 radical (unpaired) electrons. The average Bonchev–Trinajstić information content (AvgIpc) is 2.33. The van der Waals surface area contributed by atoms with Gasteiger partial charge in [-0.05, 0) is 18.6 Å². The lowest BCUT2D eigenvalue weighted by Gasteiger charge is -2.34. The fraction of sp³-hybridized carbons (Fsp3) is 0.538. The van der Waals surface area contributed by atoms with Gasteiger partial charge in [0.05, 0.1) is 6.04 Å². The molecule has 0 aliphatic carbocycles. The van der Waals surface area contributed by atoms with Crippen molar-refractivity contribution in [1.29, 1.82) is 0 Å². The maximum absolute atomic E-state index is 13.8. The van der Waals surface area contributed by atoms with Gasteiger partial charge in [0.25, 0.3) is 6.43 Å². The summed E-state index contributed by atoms with van der Waals surface area (Å²) in [6.45, 7) is 4.10. The van der Waals surface area contributed by atoms with E-state index in [0.29, 0.717) is 26.2 Å². The summed E-state index contributed by atoms with van der Waals surface area (Å²) in [5.41, 5.74) is 0.835. The number of nitrogens with zero attached hydrogens (tertiary/aromatic N) is 1. The van der Waals surface area contributed by atoms with Crippen molar-refractivity contribution in [2.24, 2.45) is 0 Å². The van der Waals surface area contributed by atoms with E-state index in [4.69, 9.17) is 0 Å². The van der Waals surface area contributed by atoms with Crippen LogP contribution in [0.1, 0.15) is 17.2 Å². The lowest BCUT2D eigenvalue weighted by molar-refractivity contribution is 0.0164. The second-order valence-electron chi connectivity index (χ2n) is 4.59. The first-order chi connectivity index (χ1) is 8.59. The second-order valence-corrected chi connectivity index (χ2v) is 4.59. The number of nitrogens with one attached hydrogen (secondary N) is 1.